The molecule has 6 heteroatoms. The second kappa shape index (κ2) is 15.4. The third-order valence-corrected chi connectivity index (χ3v) is 10.0. The summed E-state index contributed by atoms with van der Waals surface area (Å²) in [5, 5.41) is 1.69. The van der Waals surface area contributed by atoms with Crippen LogP contribution in [-0.2, 0) is 26.5 Å². The molecule has 0 radical (unpaired) electrons. The Morgan fingerprint density at radius 1 is 0.678 bits per heavy atom. The number of benzene rings is 7. The molecular weight excluding hydrogens is 904 g/mol. The topological polar surface area (TPSA) is 33.5 Å². The molecule has 10 rings (SSSR count). The van der Waals surface area contributed by atoms with Crippen LogP contribution in [0.15, 0.2) is 170 Å². The van der Waals surface area contributed by atoms with E-state index < -0.39 is 41.7 Å². The first-order chi connectivity index (χ1) is 33.3. The van der Waals surface area contributed by atoms with Gasteiger partial charge in [0.1, 0.15) is 5.82 Å². The first kappa shape index (κ1) is 26.6. The van der Waals surface area contributed by atoms with E-state index in [4.69, 9.17) is 19.8 Å². The minimum atomic E-state index is -0.614. The molecule has 0 saturated carbocycles. The largest absolute Gasteiger partial charge is 0.509 e. The summed E-state index contributed by atoms with van der Waals surface area (Å²) >= 11 is 0. The van der Waals surface area contributed by atoms with E-state index in [-0.39, 0.29) is 91.2 Å². The molecule has 292 valence electrons. The zero-order chi connectivity index (χ0) is 49.8. The summed E-state index contributed by atoms with van der Waals surface area (Å²) in [6.45, 7) is 9.23. The minimum Gasteiger partial charge on any atom is -0.509 e. The van der Waals surface area contributed by atoms with Gasteiger partial charge in [-0.3, -0.25) is 0 Å². The third-order valence-electron chi connectivity index (χ3n) is 10.0. The Kier molecular flexibility index (Phi) is 6.93. The molecule has 7 aromatic carbocycles. The normalized spacial score (nSPS) is 15.3. The van der Waals surface area contributed by atoms with Crippen LogP contribution in [0.2, 0.25) is 0 Å². The van der Waals surface area contributed by atoms with Gasteiger partial charge in [0.25, 0.3) is 0 Å². The molecule has 5 nitrogen and oxygen atoms in total. The predicted octanol–water partition coefficient (Wildman–Crippen LogP) is 13.9. The van der Waals surface area contributed by atoms with Gasteiger partial charge in [0, 0.05) is 72.4 Å². The first-order valence-corrected chi connectivity index (χ1v) is 18.7. The molecule has 0 unspecified atom stereocenters. The molecule has 0 saturated heterocycles. The molecule has 0 fully saturated rings. The van der Waals surface area contributed by atoms with Crippen molar-refractivity contribution in [1.29, 1.82) is 0 Å². The van der Waals surface area contributed by atoms with Crippen LogP contribution < -0.4 is 14.5 Å². The molecule has 3 heterocycles. The Labute approximate surface area is 377 Å². The molecule has 0 N–H and O–H groups in total. The van der Waals surface area contributed by atoms with Crippen LogP contribution in [0.25, 0.3) is 49.9 Å². The molecule has 0 aliphatic carbocycles. The SMILES string of the molecule is [2H]c1cc([2H])c(-c2cc(C)cc(-c3c([2H])c([2H])c([2H])c([2H])c3[2H])c2N2[CH-]N(c3[c-]c(Oc4[c-]c5c(cc4)c4ccccc4n5-c4nc([2H])c([2H])c(C(C)(C)C)c4[2H])ccc3)c3ccccc32)c([2H])c1[2H].[Pt]. The monoisotopic (exact) mass is 956 g/mol. The van der Waals surface area contributed by atoms with Gasteiger partial charge >= 0.3 is 0 Å². The summed E-state index contributed by atoms with van der Waals surface area (Å²) < 4.78 is 114. The van der Waals surface area contributed by atoms with Crippen molar-refractivity contribution in [2.24, 2.45) is 0 Å². The van der Waals surface area contributed by atoms with E-state index in [9.17, 15) is 1.37 Å². The van der Waals surface area contributed by atoms with Gasteiger partial charge in [0.15, 0.2) is 0 Å². The van der Waals surface area contributed by atoms with Gasteiger partial charge in [0.05, 0.1) is 16.4 Å². The van der Waals surface area contributed by atoms with Crippen LogP contribution in [0.1, 0.15) is 48.3 Å². The van der Waals surface area contributed by atoms with Gasteiger partial charge in [-0.1, -0.05) is 117 Å². The van der Waals surface area contributed by atoms with Crippen molar-refractivity contribution < 1.29 is 42.3 Å². The number of hydrogen-bond acceptors (Lipinski definition) is 4. The number of aryl methyl sites for hydroxylation is 1. The average Bonchev–Trinajstić information content (AvgIpc) is 3.86. The molecule has 1 aliphatic rings. The Bertz CT molecular complexity index is 3660. The maximum Gasteiger partial charge on any atom is 0.135 e. The van der Waals surface area contributed by atoms with Gasteiger partial charge in [-0.05, 0) is 82.4 Å². The summed E-state index contributed by atoms with van der Waals surface area (Å²) in [6, 6.07) is 31.7. The number of ether oxygens (including phenoxy) is 1. The van der Waals surface area contributed by atoms with Gasteiger partial charge in [-0.2, -0.15) is 12.1 Å². The van der Waals surface area contributed by atoms with Gasteiger partial charge in [-0.15, -0.1) is 48.1 Å². The van der Waals surface area contributed by atoms with E-state index in [1.807, 2.05) is 86.3 Å². The van der Waals surface area contributed by atoms with Crippen molar-refractivity contribution >= 4 is 44.6 Å². The van der Waals surface area contributed by atoms with Crippen molar-refractivity contribution in [2.45, 2.75) is 33.1 Å². The van der Waals surface area contributed by atoms with E-state index in [0.717, 1.165) is 16.3 Å². The van der Waals surface area contributed by atoms with E-state index >= 15 is 0 Å². The molecule has 9 aromatic rings. The van der Waals surface area contributed by atoms with Crippen molar-refractivity contribution in [3.63, 3.8) is 0 Å². The van der Waals surface area contributed by atoms with Crippen LogP contribution >= 0.6 is 0 Å². The maximum atomic E-state index is 9.31. The van der Waals surface area contributed by atoms with E-state index in [2.05, 4.69) is 17.1 Å². The van der Waals surface area contributed by atoms with Crippen LogP contribution in [0.3, 0.4) is 0 Å². The minimum absolute atomic E-state index is 0. The number of rotatable bonds is 7. The number of nitrogens with zero attached hydrogens (tertiary/aromatic N) is 4. The molecule has 0 amide bonds. The molecular formula is C53H41N4OPt-3. The van der Waals surface area contributed by atoms with Crippen LogP contribution in [0.4, 0.5) is 22.7 Å². The van der Waals surface area contributed by atoms with Crippen LogP contribution in [0, 0.1) is 25.7 Å². The number of hydrogen-bond donors (Lipinski definition) is 0. The summed E-state index contributed by atoms with van der Waals surface area (Å²) in [5.74, 6) is 0.832. The standard InChI is InChI=1S/C53H41N4O.Pt/c1-36-30-45(37-16-7-5-8-17-37)52(46(31-36)38-18-9-6-10-19-38)56-35-55(48-24-13-14-25-49(48)56)40-20-15-21-41(33-40)58-42-26-27-44-43-22-11-12-23-47(43)57(50(44)34-42)51-32-39(28-29-54-51)53(2,3)4;/h5-32,35H,1-4H3;/q-3;/i5D,6D,7D,8D,9D,16D,17D,18D,19D,28D,29D,32D;. The summed E-state index contributed by atoms with van der Waals surface area (Å²) in [5.41, 5.74) is 4.17. The van der Waals surface area contributed by atoms with E-state index in [1.165, 1.54) is 6.07 Å². The number of aromatic nitrogens is 2. The van der Waals surface area contributed by atoms with Crippen molar-refractivity contribution in [3.8, 4) is 39.6 Å². The summed E-state index contributed by atoms with van der Waals surface area (Å²) in [6.07, 6.45) is -0.240. The van der Waals surface area contributed by atoms with Crippen molar-refractivity contribution in [1.82, 2.24) is 9.55 Å². The van der Waals surface area contributed by atoms with Gasteiger partial charge in [0.2, 0.25) is 0 Å². The summed E-state index contributed by atoms with van der Waals surface area (Å²) in [7, 11) is 0. The van der Waals surface area contributed by atoms with Crippen LogP contribution in [-0.4, -0.2) is 9.55 Å². The van der Waals surface area contributed by atoms with Crippen LogP contribution in [0.5, 0.6) is 11.5 Å². The van der Waals surface area contributed by atoms with E-state index in [1.54, 1.807) is 53.4 Å². The Balaban J connectivity index is 0.00000624. The number of pyridine rings is 1. The zero-order valence-electron chi connectivity index (χ0n) is 44.3. The fraction of sp³-hybridized carbons (Fsp3) is 0.0943. The number of anilines is 4. The van der Waals surface area contributed by atoms with Gasteiger partial charge in [-0.25, -0.2) is 4.98 Å². The molecule has 0 bridgehead atoms. The molecule has 2 aromatic heterocycles. The van der Waals surface area contributed by atoms with E-state index in [0.29, 0.717) is 45.2 Å². The fourth-order valence-electron chi connectivity index (χ4n) is 7.41. The van der Waals surface area contributed by atoms with Crippen molar-refractivity contribution in [2.75, 3.05) is 9.80 Å². The Morgan fingerprint density at radius 2 is 1.37 bits per heavy atom. The molecule has 1 aliphatic heterocycles. The van der Waals surface area contributed by atoms with Crippen molar-refractivity contribution in [3.05, 3.63) is 200 Å². The average molecular weight is 957 g/mol. The Hall–Kier alpha value is -6.42. The predicted molar refractivity (Wildman–Crippen MR) is 239 cm³/mol. The molecule has 59 heavy (non-hydrogen) atoms. The second-order valence-electron chi connectivity index (χ2n) is 15.0. The number of para-hydroxylation sites is 3. The smallest absolute Gasteiger partial charge is 0.135 e. The first-order valence-electron chi connectivity index (χ1n) is 24.7. The second-order valence-corrected chi connectivity index (χ2v) is 15.0. The Morgan fingerprint density at radius 3 is 2.15 bits per heavy atom. The zero-order valence-corrected chi connectivity index (χ0v) is 34.6. The quantitative estimate of drug-likeness (QED) is 0.149. The van der Waals surface area contributed by atoms with Gasteiger partial charge < -0.3 is 19.1 Å². The number of fused-ring (bicyclic) bond motifs is 4. The third kappa shape index (κ3) is 7.00. The molecule has 0 spiro atoms. The maximum absolute atomic E-state index is 9.31. The fourth-order valence-corrected chi connectivity index (χ4v) is 7.41. The summed E-state index contributed by atoms with van der Waals surface area (Å²) in [4.78, 5) is 8.10. The molecule has 0 atom stereocenters.